The van der Waals surface area contributed by atoms with Crippen molar-refractivity contribution in [3.8, 4) is 17.2 Å². The van der Waals surface area contributed by atoms with Crippen molar-refractivity contribution in [1.82, 2.24) is 10.0 Å². The number of carbonyl (C=O) groups excluding carboxylic acids is 1. The minimum atomic E-state index is -3.67. The first kappa shape index (κ1) is 25.7. The molecule has 186 valence electrons. The van der Waals surface area contributed by atoms with Crippen molar-refractivity contribution in [3.05, 3.63) is 48.0 Å². The SMILES string of the molecule is CC(COc1ccc(F)cc1F)NC(=O)CCCCCNS(=O)(=O)c1ccc2c(c1)OCCO2. The molecule has 2 aromatic rings. The molecular weight excluding hydrogens is 470 g/mol. The smallest absolute Gasteiger partial charge is 0.240 e. The molecule has 1 aliphatic heterocycles. The van der Waals surface area contributed by atoms with Crippen LogP contribution in [0.2, 0.25) is 0 Å². The molecule has 8 nitrogen and oxygen atoms in total. The Hall–Kier alpha value is -2.92. The molecule has 0 bridgehead atoms. The van der Waals surface area contributed by atoms with Crippen molar-refractivity contribution in [2.24, 2.45) is 0 Å². The molecule has 0 saturated carbocycles. The van der Waals surface area contributed by atoms with Crippen LogP contribution < -0.4 is 24.2 Å². The van der Waals surface area contributed by atoms with Gasteiger partial charge in [0.2, 0.25) is 15.9 Å². The molecule has 2 aromatic carbocycles. The summed E-state index contributed by atoms with van der Waals surface area (Å²) in [6, 6.07) is 7.14. The van der Waals surface area contributed by atoms with E-state index in [1.807, 2.05) is 0 Å². The van der Waals surface area contributed by atoms with Gasteiger partial charge in [0.25, 0.3) is 0 Å². The number of halogens is 2. The summed E-state index contributed by atoms with van der Waals surface area (Å²) < 4.78 is 70.0. The van der Waals surface area contributed by atoms with Gasteiger partial charge in [0.1, 0.15) is 25.6 Å². The molecule has 0 spiro atoms. The van der Waals surface area contributed by atoms with Crippen LogP contribution in [-0.4, -0.2) is 46.7 Å². The Labute approximate surface area is 197 Å². The summed E-state index contributed by atoms with van der Waals surface area (Å²) >= 11 is 0. The van der Waals surface area contributed by atoms with Crippen molar-refractivity contribution in [2.45, 2.75) is 43.5 Å². The highest BCUT2D eigenvalue weighted by atomic mass is 32.2. The normalized spacial score (nSPS) is 13.9. The van der Waals surface area contributed by atoms with Gasteiger partial charge in [-0.25, -0.2) is 21.9 Å². The van der Waals surface area contributed by atoms with Crippen LogP contribution in [0, 0.1) is 11.6 Å². The maximum absolute atomic E-state index is 13.6. The first-order valence-corrected chi connectivity index (χ1v) is 12.5. The molecule has 0 aromatic heterocycles. The van der Waals surface area contributed by atoms with Crippen LogP contribution in [0.15, 0.2) is 41.3 Å². The van der Waals surface area contributed by atoms with Gasteiger partial charge in [-0.15, -0.1) is 0 Å². The zero-order valence-electron chi connectivity index (χ0n) is 18.8. The Balaban J connectivity index is 1.30. The molecule has 1 heterocycles. The minimum Gasteiger partial charge on any atom is -0.488 e. The van der Waals surface area contributed by atoms with Gasteiger partial charge in [-0.05, 0) is 44.0 Å². The second kappa shape index (κ2) is 12.0. The highest BCUT2D eigenvalue weighted by molar-refractivity contribution is 7.89. The van der Waals surface area contributed by atoms with Crippen LogP contribution in [0.1, 0.15) is 32.6 Å². The third kappa shape index (κ3) is 7.56. The van der Waals surface area contributed by atoms with E-state index in [1.54, 1.807) is 13.0 Å². The first-order valence-electron chi connectivity index (χ1n) is 11.0. The lowest BCUT2D eigenvalue weighted by molar-refractivity contribution is -0.122. The number of ether oxygens (including phenoxy) is 3. The Morgan fingerprint density at radius 2 is 1.82 bits per heavy atom. The van der Waals surface area contributed by atoms with Crippen LogP contribution >= 0.6 is 0 Å². The number of sulfonamides is 1. The Bertz CT molecular complexity index is 1100. The van der Waals surface area contributed by atoms with E-state index >= 15 is 0 Å². The summed E-state index contributed by atoms with van der Waals surface area (Å²) in [6.45, 7) is 2.79. The maximum Gasteiger partial charge on any atom is 0.240 e. The fourth-order valence-corrected chi connectivity index (χ4v) is 4.35. The molecule has 3 rings (SSSR count). The van der Waals surface area contributed by atoms with Crippen molar-refractivity contribution < 1.29 is 36.2 Å². The zero-order valence-corrected chi connectivity index (χ0v) is 19.6. The summed E-state index contributed by atoms with van der Waals surface area (Å²) in [5.41, 5.74) is 0. The number of rotatable bonds is 12. The molecule has 1 amide bonds. The third-order valence-corrected chi connectivity index (χ3v) is 6.45. The highest BCUT2D eigenvalue weighted by Gasteiger charge is 2.19. The molecular formula is C23H28F2N2O6S. The molecule has 2 N–H and O–H groups in total. The Morgan fingerprint density at radius 1 is 1.06 bits per heavy atom. The largest absolute Gasteiger partial charge is 0.488 e. The van der Waals surface area contributed by atoms with E-state index < -0.39 is 21.7 Å². The summed E-state index contributed by atoms with van der Waals surface area (Å²) in [5.74, 6) is -0.839. The van der Waals surface area contributed by atoms with Gasteiger partial charge in [-0.2, -0.15) is 0 Å². The lowest BCUT2D eigenvalue weighted by Gasteiger charge is -2.18. The number of hydrogen-bond acceptors (Lipinski definition) is 6. The summed E-state index contributed by atoms with van der Waals surface area (Å²) in [6.07, 6.45) is 2.07. The van der Waals surface area contributed by atoms with Gasteiger partial charge < -0.3 is 19.5 Å². The van der Waals surface area contributed by atoms with Crippen LogP contribution in [0.3, 0.4) is 0 Å². The molecule has 1 unspecified atom stereocenters. The average Bonchev–Trinajstić information content (AvgIpc) is 2.80. The first-order chi connectivity index (χ1) is 16.2. The molecule has 0 fully saturated rings. The Kier molecular flexibility index (Phi) is 9.05. The zero-order chi connectivity index (χ0) is 24.6. The van der Waals surface area contributed by atoms with Crippen LogP contribution in [0.25, 0.3) is 0 Å². The lowest BCUT2D eigenvalue weighted by Crippen LogP contribution is -2.36. The quantitative estimate of drug-likeness (QED) is 0.436. The van der Waals surface area contributed by atoms with E-state index in [0.29, 0.717) is 44.0 Å². The van der Waals surface area contributed by atoms with Gasteiger partial charge in [-0.1, -0.05) is 6.42 Å². The molecule has 11 heteroatoms. The van der Waals surface area contributed by atoms with Crippen molar-refractivity contribution in [3.63, 3.8) is 0 Å². The average molecular weight is 499 g/mol. The highest BCUT2D eigenvalue weighted by Crippen LogP contribution is 2.32. The van der Waals surface area contributed by atoms with Gasteiger partial charge >= 0.3 is 0 Å². The van der Waals surface area contributed by atoms with E-state index in [2.05, 4.69) is 10.0 Å². The second-order valence-electron chi connectivity index (χ2n) is 7.87. The number of unbranched alkanes of at least 4 members (excludes halogenated alkanes) is 2. The molecule has 34 heavy (non-hydrogen) atoms. The van der Waals surface area contributed by atoms with Crippen molar-refractivity contribution in [2.75, 3.05) is 26.4 Å². The lowest BCUT2D eigenvalue weighted by atomic mass is 10.2. The van der Waals surface area contributed by atoms with Crippen molar-refractivity contribution >= 4 is 15.9 Å². The fourth-order valence-electron chi connectivity index (χ4n) is 3.26. The summed E-state index contributed by atoms with van der Waals surface area (Å²) in [4.78, 5) is 12.2. The number of benzene rings is 2. The van der Waals surface area contributed by atoms with E-state index in [9.17, 15) is 22.0 Å². The van der Waals surface area contributed by atoms with Gasteiger partial charge in [0, 0.05) is 25.1 Å². The van der Waals surface area contributed by atoms with E-state index in [-0.39, 0.29) is 42.2 Å². The molecule has 1 atom stereocenters. The number of carbonyl (C=O) groups is 1. The predicted molar refractivity (Wildman–Crippen MR) is 121 cm³/mol. The fraction of sp³-hybridized carbons (Fsp3) is 0.435. The van der Waals surface area contributed by atoms with Gasteiger partial charge in [0.05, 0.1) is 10.9 Å². The topological polar surface area (TPSA) is 103 Å². The summed E-state index contributed by atoms with van der Waals surface area (Å²) in [7, 11) is -3.67. The standard InChI is InChI=1S/C23H28F2N2O6S/c1-16(15-33-20-8-6-17(24)13-19(20)25)27-23(28)5-3-2-4-10-26-34(29,30)18-7-9-21-22(14-18)32-12-11-31-21/h6-9,13-14,16,26H,2-5,10-12,15H2,1H3,(H,27,28). The number of amides is 1. The molecule has 1 aliphatic rings. The number of hydrogen-bond donors (Lipinski definition) is 2. The van der Waals surface area contributed by atoms with Crippen LogP contribution in [-0.2, 0) is 14.8 Å². The van der Waals surface area contributed by atoms with Gasteiger partial charge in [-0.3, -0.25) is 4.79 Å². The van der Waals surface area contributed by atoms with Gasteiger partial charge in [0.15, 0.2) is 23.1 Å². The molecule has 0 radical (unpaired) electrons. The number of nitrogens with one attached hydrogen (secondary N) is 2. The second-order valence-corrected chi connectivity index (χ2v) is 9.64. The molecule has 0 saturated heterocycles. The van der Waals surface area contributed by atoms with E-state index in [4.69, 9.17) is 14.2 Å². The number of fused-ring (bicyclic) bond motifs is 1. The third-order valence-electron chi connectivity index (χ3n) is 4.99. The Morgan fingerprint density at radius 3 is 2.59 bits per heavy atom. The molecule has 0 aliphatic carbocycles. The maximum atomic E-state index is 13.6. The van der Waals surface area contributed by atoms with E-state index in [1.165, 1.54) is 18.2 Å². The monoisotopic (exact) mass is 498 g/mol. The predicted octanol–water partition coefficient (Wildman–Crippen LogP) is 3.16. The summed E-state index contributed by atoms with van der Waals surface area (Å²) in [5, 5.41) is 2.75. The van der Waals surface area contributed by atoms with Crippen LogP contribution in [0.5, 0.6) is 17.2 Å². The van der Waals surface area contributed by atoms with Crippen LogP contribution in [0.4, 0.5) is 8.78 Å². The van der Waals surface area contributed by atoms with Crippen molar-refractivity contribution in [1.29, 1.82) is 0 Å². The van der Waals surface area contributed by atoms with E-state index in [0.717, 1.165) is 12.1 Å². The minimum absolute atomic E-state index is 0.0376.